The summed E-state index contributed by atoms with van der Waals surface area (Å²) < 4.78 is 1.48. The maximum atomic E-state index is 10.1. The Balaban J connectivity index is 3.10. The van der Waals surface area contributed by atoms with E-state index in [1.807, 2.05) is 0 Å². The van der Waals surface area contributed by atoms with E-state index in [2.05, 4.69) is 31.9 Å². The van der Waals surface area contributed by atoms with Gasteiger partial charge in [-0.15, -0.1) is 0 Å². The fourth-order valence-corrected chi connectivity index (χ4v) is 2.24. The average Bonchev–Trinajstić information content (AvgIpc) is 2.13. The van der Waals surface area contributed by atoms with Crippen LogP contribution in [0.1, 0.15) is 0 Å². The molecule has 0 unspecified atom stereocenters. The van der Waals surface area contributed by atoms with Crippen LogP contribution in [-0.2, 0) is 0 Å². The van der Waals surface area contributed by atoms with E-state index in [1.54, 1.807) is 0 Å². The highest BCUT2D eigenvalue weighted by Gasteiger charge is 2.12. The SMILES string of the molecule is O=[N+]([O-])c1cc(Br)c(Br)s1. The maximum absolute atomic E-state index is 10.1. The second-order valence-electron chi connectivity index (χ2n) is 1.46. The molecule has 0 aromatic carbocycles. The van der Waals surface area contributed by atoms with E-state index in [0.29, 0.717) is 0 Å². The van der Waals surface area contributed by atoms with Gasteiger partial charge in [0.25, 0.3) is 0 Å². The quantitative estimate of drug-likeness (QED) is 0.588. The first-order valence-corrected chi connectivity index (χ1v) is 4.60. The number of thiophene rings is 1. The highest BCUT2D eigenvalue weighted by Crippen LogP contribution is 2.36. The summed E-state index contributed by atoms with van der Waals surface area (Å²) in [5, 5.41) is 10.3. The molecular weight excluding hydrogens is 286 g/mol. The summed E-state index contributed by atoms with van der Waals surface area (Å²) in [6, 6.07) is 1.47. The van der Waals surface area contributed by atoms with E-state index in [1.165, 1.54) is 6.07 Å². The number of halogens is 2. The molecular formula is C4HBr2NO2S. The summed E-state index contributed by atoms with van der Waals surface area (Å²) in [5.74, 6) is 0. The van der Waals surface area contributed by atoms with Crippen molar-refractivity contribution in [1.82, 2.24) is 0 Å². The summed E-state index contributed by atoms with van der Waals surface area (Å²) in [6.07, 6.45) is 0. The first-order valence-electron chi connectivity index (χ1n) is 2.20. The van der Waals surface area contributed by atoms with Crippen molar-refractivity contribution in [2.45, 2.75) is 0 Å². The van der Waals surface area contributed by atoms with Crippen molar-refractivity contribution >= 4 is 48.2 Å². The van der Waals surface area contributed by atoms with Crippen LogP contribution in [0.15, 0.2) is 14.3 Å². The summed E-state index contributed by atoms with van der Waals surface area (Å²) in [4.78, 5) is 9.72. The van der Waals surface area contributed by atoms with Crippen molar-refractivity contribution in [1.29, 1.82) is 0 Å². The Hall–Kier alpha value is 0.0600. The van der Waals surface area contributed by atoms with E-state index in [9.17, 15) is 10.1 Å². The minimum Gasteiger partial charge on any atom is -0.258 e. The maximum Gasteiger partial charge on any atom is 0.326 e. The molecule has 1 heterocycles. The first-order chi connectivity index (χ1) is 4.61. The fourth-order valence-electron chi connectivity index (χ4n) is 0.425. The van der Waals surface area contributed by atoms with E-state index >= 15 is 0 Å². The van der Waals surface area contributed by atoms with Crippen LogP contribution in [0.2, 0.25) is 0 Å². The highest BCUT2D eigenvalue weighted by molar-refractivity contribution is 9.13. The van der Waals surface area contributed by atoms with Gasteiger partial charge in [-0.2, -0.15) is 0 Å². The molecule has 0 aliphatic heterocycles. The fraction of sp³-hybridized carbons (Fsp3) is 0. The molecule has 54 valence electrons. The number of nitrogens with zero attached hydrogens (tertiary/aromatic N) is 1. The molecule has 0 aliphatic rings. The molecule has 1 aromatic heterocycles. The zero-order valence-corrected chi connectivity index (χ0v) is 8.49. The van der Waals surface area contributed by atoms with Crippen LogP contribution >= 0.6 is 43.2 Å². The Morgan fingerprint density at radius 2 is 2.20 bits per heavy atom. The van der Waals surface area contributed by atoms with Crippen LogP contribution in [-0.4, -0.2) is 4.92 Å². The third-order valence-electron chi connectivity index (χ3n) is 0.812. The zero-order valence-electron chi connectivity index (χ0n) is 4.51. The van der Waals surface area contributed by atoms with Crippen molar-refractivity contribution in [2.75, 3.05) is 0 Å². The monoisotopic (exact) mass is 285 g/mol. The van der Waals surface area contributed by atoms with Crippen LogP contribution in [0.25, 0.3) is 0 Å². The van der Waals surface area contributed by atoms with E-state index < -0.39 is 4.92 Å². The van der Waals surface area contributed by atoms with Gasteiger partial charge in [-0.05, 0) is 31.9 Å². The van der Waals surface area contributed by atoms with E-state index in [-0.39, 0.29) is 5.00 Å². The smallest absolute Gasteiger partial charge is 0.258 e. The summed E-state index contributed by atoms with van der Waals surface area (Å²) >= 11 is 7.39. The number of nitro groups is 1. The predicted octanol–water partition coefficient (Wildman–Crippen LogP) is 3.18. The highest BCUT2D eigenvalue weighted by atomic mass is 79.9. The minimum absolute atomic E-state index is 0.138. The lowest BCUT2D eigenvalue weighted by Crippen LogP contribution is -1.80. The van der Waals surface area contributed by atoms with Gasteiger partial charge in [-0.25, -0.2) is 0 Å². The number of hydrogen-bond acceptors (Lipinski definition) is 3. The van der Waals surface area contributed by atoms with Crippen molar-refractivity contribution < 1.29 is 4.92 Å². The van der Waals surface area contributed by atoms with E-state index in [0.717, 1.165) is 19.6 Å². The largest absolute Gasteiger partial charge is 0.326 e. The molecule has 0 amide bonds. The Kier molecular flexibility index (Phi) is 2.43. The molecule has 0 bridgehead atoms. The molecule has 0 N–H and O–H groups in total. The molecule has 0 fully saturated rings. The standard InChI is InChI=1S/C4HBr2NO2S/c5-2-1-3(7(8)9)10-4(2)6/h1H. The number of hydrogen-bond donors (Lipinski definition) is 0. The van der Waals surface area contributed by atoms with Gasteiger partial charge in [0.2, 0.25) is 0 Å². The van der Waals surface area contributed by atoms with Gasteiger partial charge in [0.05, 0.1) is 8.71 Å². The van der Waals surface area contributed by atoms with Gasteiger partial charge < -0.3 is 0 Å². The Labute approximate surface area is 77.5 Å². The van der Waals surface area contributed by atoms with Gasteiger partial charge in [0.1, 0.15) is 0 Å². The minimum atomic E-state index is -0.416. The van der Waals surface area contributed by atoms with Crippen LogP contribution < -0.4 is 0 Å². The van der Waals surface area contributed by atoms with Gasteiger partial charge >= 0.3 is 5.00 Å². The third-order valence-corrected chi connectivity index (χ3v) is 4.02. The van der Waals surface area contributed by atoms with Crippen LogP contribution in [0.5, 0.6) is 0 Å². The van der Waals surface area contributed by atoms with Gasteiger partial charge in [-0.3, -0.25) is 10.1 Å². The van der Waals surface area contributed by atoms with Crippen molar-refractivity contribution in [3.05, 3.63) is 24.4 Å². The number of rotatable bonds is 1. The summed E-state index contributed by atoms with van der Waals surface area (Å²) in [7, 11) is 0. The van der Waals surface area contributed by atoms with Crippen LogP contribution in [0, 0.1) is 10.1 Å². The molecule has 0 saturated carbocycles. The summed E-state index contributed by atoms with van der Waals surface area (Å²) in [5.41, 5.74) is 0. The Bertz CT molecular complexity index is 253. The molecule has 0 radical (unpaired) electrons. The third kappa shape index (κ3) is 1.56. The van der Waals surface area contributed by atoms with Crippen LogP contribution in [0.3, 0.4) is 0 Å². The molecule has 0 spiro atoms. The van der Waals surface area contributed by atoms with Crippen molar-refractivity contribution in [3.63, 3.8) is 0 Å². The summed E-state index contributed by atoms with van der Waals surface area (Å²) in [6.45, 7) is 0. The predicted molar refractivity (Wildman–Crippen MR) is 46.4 cm³/mol. The molecule has 6 heteroatoms. The lowest BCUT2D eigenvalue weighted by Gasteiger charge is -1.77. The topological polar surface area (TPSA) is 43.1 Å². The first kappa shape index (κ1) is 8.16. The normalized spacial score (nSPS) is 9.80. The molecule has 0 aliphatic carbocycles. The van der Waals surface area contributed by atoms with Crippen molar-refractivity contribution in [2.24, 2.45) is 0 Å². The molecule has 0 atom stereocenters. The molecule has 1 aromatic rings. The molecule has 10 heavy (non-hydrogen) atoms. The van der Waals surface area contributed by atoms with Gasteiger partial charge in [0, 0.05) is 10.5 Å². The second-order valence-corrected chi connectivity index (χ2v) is 4.67. The molecule has 0 saturated heterocycles. The van der Waals surface area contributed by atoms with Gasteiger partial charge in [0.15, 0.2) is 0 Å². The van der Waals surface area contributed by atoms with Crippen molar-refractivity contribution in [3.8, 4) is 0 Å². The zero-order chi connectivity index (χ0) is 7.72. The Morgan fingerprint density at radius 3 is 2.40 bits per heavy atom. The molecule has 3 nitrogen and oxygen atoms in total. The average molecular weight is 287 g/mol. The second kappa shape index (κ2) is 2.98. The lowest BCUT2D eigenvalue weighted by atomic mass is 10.6. The lowest BCUT2D eigenvalue weighted by molar-refractivity contribution is -0.380. The van der Waals surface area contributed by atoms with Crippen LogP contribution in [0.4, 0.5) is 5.00 Å². The molecule has 1 rings (SSSR count). The van der Waals surface area contributed by atoms with E-state index in [4.69, 9.17) is 0 Å². The Morgan fingerprint density at radius 1 is 1.60 bits per heavy atom. The van der Waals surface area contributed by atoms with Gasteiger partial charge in [-0.1, -0.05) is 11.3 Å².